The van der Waals surface area contributed by atoms with E-state index in [9.17, 15) is 9.50 Å². The van der Waals surface area contributed by atoms with Crippen LogP contribution in [-0.4, -0.2) is 10.1 Å². The van der Waals surface area contributed by atoms with Crippen LogP contribution in [0.3, 0.4) is 0 Å². The highest BCUT2D eigenvalue weighted by Crippen LogP contribution is 2.33. The van der Waals surface area contributed by atoms with Gasteiger partial charge in [0.25, 0.3) is 0 Å². The summed E-state index contributed by atoms with van der Waals surface area (Å²) in [5.41, 5.74) is 0.567. The zero-order valence-electron chi connectivity index (χ0n) is 9.60. The number of aliphatic hydroxyl groups is 1. The van der Waals surface area contributed by atoms with Crippen LogP contribution in [0.15, 0.2) is 50.9 Å². The number of rotatable bonds is 3. The molecule has 2 rings (SSSR count). The Kier molecular flexibility index (Phi) is 4.37. The average molecular weight is 328 g/mol. The van der Waals surface area contributed by atoms with Crippen molar-refractivity contribution in [3.8, 4) is 0 Å². The number of pyridine rings is 1. The van der Waals surface area contributed by atoms with E-state index in [4.69, 9.17) is 0 Å². The van der Waals surface area contributed by atoms with Crippen LogP contribution in [0.2, 0.25) is 0 Å². The van der Waals surface area contributed by atoms with Crippen LogP contribution in [0.1, 0.15) is 18.6 Å². The van der Waals surface area contributed by atoms with Crippen molar-refractivity contribution in [3.63, 3.8) is 0 Å². The van der Waals surface area contributed by atoms with E-state index in [1.54, 1.807) is 31.3 Å². The van der Waals surface area contributed by atoms with Crippen molar-refractivity contribution in [2.24, 2.45) is 0 Å². The summed E-state index contributed by atoms with van der Waals surface area (Å²) >= 11 is 4.62. The quantitative estimate of drug-likeness (QED) is 0.917. The molecule has 0 bridgehead atoms. The first-order valence-corrected chi connectivity index (χ1v) is 6.95. The lowest BCUT2D eigenvalue weighted by molar-refractivity contribution is 0.198. The molecule has 0 aliphatic heterocycles. The smallest absolute Gasteiger partial charge is 0.137 e. The average Bonchev–Trinajstić information content (AvgIpc) is 2.34. The van der Waals surface area contributed by atoms with Crippen LogP contribution in [0.4, 0.5) is 4.39 Å². The van der Waals surface area contributed by atoms with Crippen LogP contribution >= 0.6 is 27.7 Å². The van der Waals surface area contributed by atoms with Crippen LogP contribution in [0.25, 0.3) is 0 Å². The minimum Gasteiger partial charge on any atom is -0.389 e. The van der Waals surface area contributed by atoms with E-state index in [1.165, 1.54) is 17.8 Å². The molecular weight excluding hydrogens is 317 g/mol. The van der Waals surface area contributed by atoms with E-state index in [-0.39, 0.29) is 5.82 Å². The number of benzene rings is 1. The molecule has 2 nitrogen and oxygen atoms in total. The van der Waals surface area contributed by atoms with Crippen molar-refractivity contribution in [2.75, 3.05) is 0 Å². The molecule has 0 saturated heterocycles. The standard InChI is InChI=1S/C13H11BrFNOS/c1-8(17)9-4-5-12(11(15)7-9)18-13-10(14)3-2-6-16-13/h2-8,17H,1H3/t8-/m1/s1. The van der Waals surface area contributed by atoms with Gasteiger partial charge in [0.15, 0.2) is 0 Å². The third-order valence-corrected chi connectivity index (χ3v) is 4.34. The molecule has 0 amide bonds. The van der Waals surface area contributed by atoms with Gasteiger partial charge in [-0.15, -0.1) is 0 Å². The summed E-state index contributed by atoms with van der Waals surface area (Å²) in [6, 6.07) is 8.39. The van der Waals surface area contributed by atoms with Crippen molar-refractivity contribution < 1.29 is 9.50 Å². The molecule has 1 aromatic heterocycles. The number of hydrogen-bond acceptors (Lipinski definition) is 3. The molecule has 18 heavy (non-hydrogen) atoms. The predicted octanol–water partition coefficient (Wildman–Crippen LogP) is 4.19. The Bertz CT molecular complexity index is 562. The van der Waals surface area contributed by atoms with Crippen molar-refractivity contribution in [2.45, 2.75) is 22.9 Å². The van der Waals surface area contributed by atoms with E-state index in [2.05, 4.69) is 20.9 Å². The SMILES string of the molecule is C[C@@H](O)c1ccc(Sc2ncccc2Br)c(F)c1. The second-order valence-corrected chi connectivity index (χ2v) is 5.64. The van der Waals surface area contributed by atoms with Gasteiger partial charge in [-0.3, -0.25) is 0 Å². The molecule has 94 valence electrons. The Morgan fingerprint density at radius 1 is 1.39 bits per heavy atom. The molecule has 0 saturated carbocycles. The lowest BCUT2D eigenvalue weighted by atomic mass is 10.1. The van der Waals surface area contributed by atoms with Crippen molar-refractivity contribution >= 4 is 27.7 Å². The molecule has 0 aliphatic rings. The summed E-state index contributed by atoms with van der Waals surface area (Å²) in [6.07, 6.45) is 0.995. The topological polar surface area (TPSA) is 33.1 Å². The highest BCUT2D eigenvalue weighted by Gasteiger charge is 2.10. The molecule has 5 heteroatoms. The Morgan fingerprint density at radius 2 is 2.17 bits per heavy atom. The monoisotopic (exact) mass is 327 g/mol. The fourth-order valence-corrected chi connectivity index (χ4v) is 2.69. The zero-order valence-corrected chi connectivity index (χ0v) is 12.0. The van der Waals surface area contributed by atoms with Crippen LogP contribution in [0, 0.1) is 5.82 Å². The van der Waals surface area contributed by atoms with E-state index in [0.29, 0.717) is 15.5 Å². The Morgan fingerprint density at radius 3 is 2.78 bits per heavy atom. The van der Waals surface area contributed by atoms with Gasteiger partial charge in [0.1, 0.15) is 10.8 Å². The van der Waals surface area contributed by atoms with Gasteiger partial charge >= 0.3 is 0 Å². The summed E-state index contributed by atoms with van der Waals surface area (Å²) < 4.78 is 14.7. The molecule has 0 fully saturated rings. The largest absolute Gasteiger partial charge is 0.389 e. The molecule has 1 N–H and O–H groups in total. The van der Waals surface area contributed by atoms with E-state index in [1.807, 2.05) is 6.07 Å². The first-order valence-electron chi connectivity index (χ1n) is 5.34. The number of halogens is 2. The molecule has 1 atom stereocenters. The predicted molar refractivity (Wildman–Crippen MR) is 73.1 cm³/mol. The molecular formula is C13H11BrFNOS. The summed E-state index contributed by atoms with van der Waals surface area (Å²) in [7, 11) is 0. The molecule has 0 radical (unpaired) electrons. The highest BCUT2D eigenvalue weighted by atomic mass is 79.9. The van der Waals surface area contributed by atoms with Gasteiger partial charge in [0.2, 0.25) is 0 Å². The number of hydrogen-bond donors (Lipinski definition) is 1. The maximum Gasteiger partial charge on any atom is 0.137 e. The minimum absolute atomic E-state index is 0.351. The minimum atomic E-state index is -0.667. The van der Waals surface area contributed by atoms with Crippen LogP contribution in [-0.2, 0) is 0 Å². The van der Waals surface area contributed by atoms with Gasteiger partial charge in [0.05, 0.1) is 10.6 Å². The van der Waals surface area contributed by atoms with Gasteiger partial charge in [-0.25, -0.2) is 9.37 Å². The number of aromatic nitrogens is 1. The van der Waals surface area contributed by atoms with E-state index >= 15 is 0 Å². The molecule has 2 aromatic rings. The number of aliphatic hydroxyl groups excluding tert-OH is 1. The van der Waals surface area contributed by atoms with Gasteiger partial charge < -0.3 is 5.11 Å². The van der Waals surface area contributed by atoms with Gasteiger partial charge in [0, 0.05) is 11.1 Å². The molecule has 1 aromatic carbocycles. The summed E-state index contributed by atoms with van der Waals surface area (Å²) in [4.78, 5) is 4.66. The second kappa shape index (κ2) is 5.82. The lowest BCUT2D eigenvalue weighted by Gasteiger charge is -2.08. The Labute approximate surface area is 117 Å². The Hall–Kier alpha value is -0.910. The number of nitrogens with zero attached hydrogens (tertiary/aromatic N) is 1. The molecule has 0 unspecified atom stereocenters. The first kappa shape index (κ1) is 13.5. The fraction of sp³-hybridized carbons (Fsp3) is 0.154. The van der Waals surface area contributed by atoms with Gasteiger partial charge in [-0.1, -0.05) is 17.8 Å². The second-order valence-electron chi connectivity index (χ2n) is 3.76. The fourth-order valence-electron chi connectivity index (χ4n) is 1.41. The van der Waals surface area contributed by atoms with Crippen molar-refractivity contribution in [3.05, 3.63) is 52.4 Å². The molecule has 1 heterocycles. The molecule has 0 spiro atoms. The van der Waals surface area contributed by atoms with Crippen LogP contribution in [0.5, 0.6) is 0 Å². The normalized spacial score (nSPS) is 12.4. The maximum atomic E-state index is 13.9. The van der Waals surface area contributed by atoms with Crippen LogP contribution < -0.4 is 0 Å². The van der Waals surface area contributed by atoms with E-state index < -0.39 is 6.10 Å². The summed E-state index contributed by atoms with van der Waals surface area (Å²) in [5, 5.41) is 10.1. The lowest BCUT2D eigenvalue weighted by Crippen LogP contribution is -1.93. The van der Waals surface area contributed by atoms with Gasteiger partial charge in [-0.05, 0) is 52.7 Å². The first-order chi connectivity index (χ1) is 8.58. The zero-order chi connectivity index (χ0) is 13.1. The maximum absolute atomic E-state index is 13.9. The van der Waals surface area contributed by atoms with E-state index in [0.717, 1.165) is 4.47 Å². The van der Waals surface area contributed by atoms with Gasteiger partial charge in [-0.2, -0.15) is 0 Å². The molecule has 0 aliphatic carbocycles. The summed E-state index contributed by atoms with van der Waals surface area (Å²) in [6.45, 7) is 1.61. The third kappa shape index (κ3) is 3.10. The van der Waals surface area contributed by atoms with Crippen molar-refractivity contribution in [1.82, 2.24) is 4.98 Å². The Balaban J connectivity index is 2.28. The highest BCUT2D eigenvalue weighted by molar-refractivity contribution is 9.10. The van der Waals surface area contributed by atoms with Crippen molar-refractivity contribution in [1.29, 1.82) is 0 Å². The third-order valence-electron chi connectivity index (χ3n) is 2.37. The summed E-state index contributed by atoms with van der Waals surface area (Å²) in [5.74, 6) is -0.351.